The first-order valence-corrected chi connectivity index (χ1v) is 8.80. The van der Waals surface area contributed by atoms with Gasteiger partial charge in [0.25, 0.3) is 15.7 Å². The molecule has 0 atom stereocenters. The molecule has 0 aliphatic heterocycles. The molecular weight excluding hydrogens is 338 g/mol. The molecule has 23 heavy (non-hydrogen) atoms. The fraction of sp³-hybridized carbons (Fsp3) is 0.0714. The number of nitro benzene ring substituents is 1. The van der Waals surface area contributed by atoms with Gasteiger partial charge in [-0.3, -0.25) is 14.8 Å². The van der Waals surface area contributed by atoms with E-state index in [1.807, 2.05) is 6.92 Å². The minimum Gasteiger partial charge on any atom is -0.279 e. The average molecular weight is 349 g/mol. The van der Waals surface area contributed by atoms with Crippen LogP contribution in [0.2, 0.25) is 0 Å². The van der Waals surface area contributed by atoms with Gasteiger partial charge in [-0.25, -0.2) is 13.4 Å². The summed E-state index contributed by atoms with van der Waals surface area (Å²) in [6.07, 6.45) is 0. The first kappa shape index (κ1) is 15.4. The Labute approximate surface area is 135 Å². The van der Waals surface area contributed by atoms with Crippen molar-refractivity contribution < 1.29 is 13.3 Å². The van der Waals surface area contributed by atoms with Crippen LogP contribution >= 0.6 is 11.3 Å². The van der Waals surface area contributed by atoms with Gasteiger partial charge in [-0.05, 0) is 31.2 Å². The number of nitrogens with one attached hydrogen (secondary N) is 1. The summed E-state index contributed by atoms with van der Waals surface area (Å²) in [6.45, 7) is 1.86. The molecule has 0 spiro atoms. The first-order valence-electron chi connectivity index (χ1n) is 6.50. The number of hydrogen-bond donors (Lipinski definition) is 1. The highest BCUT2D eigenvalue weighted by Gasteiger charge is 2.25. The average Bonchev–Trinajstić information content (AvgIpc) is 2.86. The van der Waals surface area contributed by atoms with Crippen molar-refractivity contribution in [3.05, 3.63) is 57.6 Å². The lowest BCUT2D eigenvalue weighted by molar-refractivity contribution is -0.387. The van der Waals surface area contributed by atoms with Crippen LogP contribution in [0.5, 0.6) is 0 Å². The van der Waals surface area contributed by atoms with E-state index in [0.29, 0.717) is 5.69 Å². The monoisotopic (exact) mass is 349 g/mol. The highest BCUT2D eigenvalue weighted by atomic mass is 32.2. The van der Waals surface area contributed by atoms with E-state index in [0.717, 1.165) is 21.3 Å². The zero-order valence-electron chi connectivity index (χ0n) is 11.9. The maximum Gasteiger partial charge on any atom is 0.289 e. The molecule has 0 aliphatic rings. The largest absolute Gasteiger partial charge is 0.289 e. The summed E-state index contributed by atoms with van der Waals surface area (Å²) in [6, 6.07) is 10.2. The topological polar surface area (TPSA) is 102 Å². The highest BCUT2D eigenvalue weighted by molar-refractivity contribution is 7.92. The fourth-order valence-corrected chi connectivity index (χ4v) is 4.24. The molecule has 9 heteroatoms. The molecule has 1 aromatic heterocycles. The molecule has 1 N–H and O–H groups in total. The summed E-state index contributed by atoms with van der Waals surface area (Å²) in [5.74, 6) is 0. The Bertz CT molecular complexity index is 1010. The third-order valence-electron chi connectivity index (χ3n) is 3.10. The van der Waals surface area contributed by atoms with Crippen LogP contribution in [0.4, 0.5) is 11.4 Å². The lowest BCUT2D eigenvalue weighted by Crippen LogP contribution is -2.14. The van der Waals surface area contributed by atoms with Gasteiger partial charge in [-0.2, -0.15) is 0 Å². The maximum atomic E-state index is 12.4. The third kappa shape index (κ3) is 3.01. The Balaban J connectivity index is 2.01. The van der Waals surface area contributed by atoms with Crippen LogP contribution in [0.25, 0.3) is 10.2 Å². The number of para-hydroxylation sites is 1. The van der Waals surface area contributed by atoms with E-state index in [1.165, 1.54) is 29.5 Å². The number of benzene rings is 2. The van der Waals surface area contributed by atoms with E-state index in [2.05, 4.69) is 9.71 Å². The van der Waals surface area contributed by atoms with Crippen LogP contribution in [-0.4, -0.2) is 18.3 Å². The Kier molecular flexibility index (Phi) is 3.74. The van der Waals surface area contributed by atoms with Crippen LogP contribution in [0.3, 0.4) is 0 Å². The van der Waals surface area contributed by atoms with Crippen molar-refractivity contribution in [3.8, 4) is 0 Å². The molecule has 2 aromatic carbocycles. The summed E-state index contributed by atoms with van der Waals surface area (Å²) in [5.41, 5.74) is 0.648. The van der Waals surface area contributed by atoms with Gasteiger partial charge in [0.15, 0.2) is 4.90 Å². The molecule has 0 bridgehead atoms. The number of sulfonamides is 1. The van der Waals surface area contributed by atoms with Gasteiger partial charge in [-0.1, -0.05) is 12.1 Å². The standard InChI is InChI=1S/C14H11N3O4S2/c1-9-15-11-7-6-10(8-13(11)22-9)16-23(20,21)14-5-3-2-4-12(14)17(18)19/h2-8,16H,1H3. The molecular formula is C14H11N3O4S2. The minimum absolute atomic E-state index is 0.333. The molecule has 0 saturated heterocycles. The van der Waals surface area contributed by atoms with Gasteiger partial charge in [-0.15, -0.1) is 11.3 Å². The molecule has 7 nitrogen and oxygen atoms in total. The van der Waals surface area contributed by atoms with E-state index >= 15 is 0 Å². The van der Waals surface area contributed by atoms with E-state index in [-0.39, 0.29) is 4.90 Å². The number of rotatable bonds is 4. The fourth-order valence-electron chi connectivity index (χ4n) is 2.15. The van der Waals surface area contributed by atoms with Gasteiger partial charge in [0.2, 0.25) is 0 Å². The lowest BCUT2D eigenvalue weighted by Gasteiger charge is -2.08. The maximum absolute atomic E-state index is 12.4. The molecule has 118 valence electrons. The van der Waals surface area contributed by atoms with Gasteiger partial charge in [0.1, 0.15) is 0 Å². The van der Waals surface area contributed by atoms with Crippen LogP contribution in [0.15, 0.2) is 47.4 Å². The predicted octanol–water partition coefficient (Wildman–Crippen LogP) is 3.31. The lowest BCUT2D eigenvalue weighted by atomic mass is 10.3. The van der Waals surface area contributed by atoms with Crippen molar-refractivity contribution in [1.82, 2.24) is 4.98 Å². The quantitative estimate of drug-likeness (QED) is 0.575. The van der Waals surface area contributed by atoms with Crippen LogP contribution in [0, 0.1) is 17.0 Å². The SMILES string of the molecule is Cc1nc2ccc(NS(=O)(=O)c3ccccc3[N+](=O)[O-])cc2s1. The summed E-state index contributed by atoms with van der Waals surface area (Å²) in [5, 5.41) is 11.9. The van der Waals surface area contributed by atoms with Gasteiger partial charge >= 0.3 is 0 Å². The Morgan fingerprint density at radius 1 is 1.22 bits per heavy atom. The Morgan fingerprint density at radius 2 is 1.96 bits per heavy atom. The van der Waals surface area contributed by atoms with Crippen LogP contribution in [0.1, 0.15) is 5.01 Å². The van der Waals surface area contributed by atoms with E-state index in [1.54, 1.807) is 18.2 Å². The number of anilines is 1. The number of hydrogen-bond acceptors (Lipinski definition) is 6. The number of nitrogens with zero attached hydrogens (tertiary/aromatic N) is 2. The molecule has 0 fully saturated rings. The number of nitro groups is 1. The van der Waals surface area contributed by atoms with Gasteiger partial charge < -0.3 is 0 Å². The second kappa shape index (κ2) is 5.60. The smallest absolute Gasteiger partial charge is 0.279 e. The number of aromatic nitrogens is 1. The van der Waals surface area contributed by atoms with Gasteiger partial charge in [0, 0.05) is 6.07 Å². The molecule has 0 amide bonds. The van der Waals surface area contributed by atoms with Crippen molar-refractivity contribution in [2.24, 2.45) is 0 Å². The molecule has 3 rings (SSSR count). The van der Waals surface area contributed by atoms with Crippen molar-refractivity contribution in [1.29, 1.82) is 0 Å². The van der Waals surface area contributed by atoms with Crippen LogP contribution < -0.4 is 4.72 Å². The molecule has 1 heterocycles. The Morgan fingerprint density at radius 3 is 2.70 bits per heavy atom. The number of aryl methyl sites for hydroxylation is 1. The van der Waals surface area contributed by atoms with Crippen LogP contribution in [-0.2, 0) is 10.0 Å². The summed E-state index contributed by atoms with van der Waals surface area (Å²) < 4.78 is 28.1. The molecule has 0 saturated carbocycles. The van der Waals surface area contributed by atoms with Crippen molar-refractivity contribution >= 4 is 43.0 Å². The predicted molar refractivity (Wildman–Crippen MR) is 88.3 cm³/mol. The zero-order valence-corrected chi connectivity index (χ0v) is 13.5. The van der Waals surface area contributed by atoms with Crippen molar-refractivity contribution in [2.45, 2.75) is 11.8 Å². The zero-order chi connectivity index (χ0) is 16.6. The second-order valence-corrected chi connectivity index (χ2v) is 7.63. The Hall–Kier alpha value is -2.52. The normalized spacial score (nSPS) is 11.5. The van der Waals surface area contributed by atoms with Crippen molar-refractivity contribution in [3.63, 3.8) is 0 Å². The molecule has 0 radical (unpaired) electrons. The molecule has 0 unspecified atom stereocenters. The summed E-state index contributed by atoms with van der Waals surface area (Å²) in [7, 11) is -4.06. The number of thiazole rings is 1. The number of fused-ring (bicyclic) bond motifs is 1. The third-order valence-corrected chi connectivity index (χ3v) is 5.46. The summed E-state index contributed by atoms with van der Waals surface area (Å²) >= 11 is 1.44. The van der Waals surface area contributed by atoms with E-state index < -0.39 is 20.6 Å². The highest BCUT2D eigenvalue weighted by Crippen LogP contribution is 2.28. The summed E-state index contributed by atoms with van der Waals surface area (Å²) in [4.78, 5) is 14.2. The van der Waals surface area contributed by atoms with E-state index in [4.69, 9.17) is 0 Å². The second-order valence-electron chi connectivity index (χ2n) is 4.75. The first-order chi connectivity index (χ1) is 10.9. The van der Waals surface area contributed by atoms with Gasteiger partial charge in [0.05, 0.1) is 25.8 Å². The molecule has 3 aromatic rings. The minimum atomic E-state index is -4.06. The molecule has 0 aliphatic carbocycles. The van der Waals surface area contributed by atoms with E-state index in [9.17, 15) is 18.5 Å². The van der Waals surface area contributed by atoms with Crippen molar-refractivity contribution in [2.75, 3.05) is 4.72 Å².